The summed E-state index contributed by atoms with van der Waals surface area (Å²) in [7, 11) is 0. The van der Waals surface area contributed by atoms with Crippen LogP contribution in [0.15, 0.2) is 29.4 Å². The summed E-state index contributed by atoms with van der Waals surface area (Å²) >= 11 is 1.39. The number of hydrogen-bond acceptors (Lipinski definition) is 6. The number of carbonyl (C=O) groups is 2. The number of amides is 2. The average Bonchev–Trinajstić information content (AvgIpc) is 3.33. The van der Waals surface area contributed by atoms with Gasteiger partial charge >= 0.3 is 0 Å². The maximum absolute atomic E-state index is 13.5. The molecule has 4 rings (SSSR count). The molecule has 2 aliphatic rings. The van der Waals surface area contributed by atoms with Crippen molar-refractivity contribution in [3.63, 3.8) is 0 Å². The van der Waals surface area contributed by atoms with Crippen LogP contribution >= 0.6 is 11.8 Å². The molecule has 33 heavy (non-hydrogen) atoms. The Labute approximate surface area is 199 Å². The monoisotopic (exact) mass is 470 g/mol. The number of carbonyl (C=O) groups excluding carboxylic acids is 2. The van der Waals surface area contributed by atoms with Crippen molar-refractivity contribution in [1.29, 1.82) is 0 Å². The molecule has 0 atom stereocenters. The van der Waals surface area contributed by atoms with Crippen molar-refractivity contribution < 1.29 is 9.59 Å². The molecule has 1 N–H and O–H groups in total. The Kier molecular flexibility index (Phi) is 8.36. The number of nitrogens with zero attached hydrogens (tertiary/aromatic N) is 5. The number of hydrogen-bond donors (Lipinski definition) is 1. The molecule has 9 heteroatoms. The number of benzene rings is 1. The minimum Gasteiger partial charge on any atom is -0.336 e. The summed E-state index contributed by atoms with van der Waals surface area (Å²) in [4.78, 5) is 27.5. The van der Waals surface area contributed by atoms with E-state index in [-0.39, 0.29) is 11.8 Å². The van der Waals surface area contributed by atoms with E-state index in [2.05, 4.69) is 25.7 Å². The summed E-state index contributed by atoms with van der Waals surface area (Å²) in [5, 5.41) is 15.6. The lowest BCUT2D eigenvalue weighted by Crippen LogP contribution is -2.49. The molecule has 2 aromatic rings. The van der Waals surface area contributed by atoms with Crippen molar-refractivity contribution in [3.8, 4) is 5.69 Å². The zero-order valence-electron chi connectivity index (χ0n) is 19.4. The fourth-order valence-corrected chi connectivity index (χ4v) is 5.78. The fraction of sp³-hybridized carbons (Fsp3) is 0.625. The second-order valence-corrected chi connectivity index (χ2v) is 9.94. The summed E-state index contributed by atoms with van der Waals surface area (Å²) in [5.41, 5.74) is 1.45. The third kappa shape index (κ3) is 6.13. The largest absolute Gasteiger partial charge is 0.336 e. The Hall–Kier alpha value is -2.42. The van der Waals surface area contributed by atoms with E-state index in [1.165, 1.54) is 50.3 Å². The molecule has 0 saturated heterocycles. The van der Waals surface area contributed by atoms with E-state index in [4.69, 9.17) is 0 Å². The van der Waals surface area contributed by atoms with Gasteiger partial charge in [-0.15, -0.1) is 5.10 Å². The molecule has 1 aromatic heterocycles. The first-order valence-electron chi connectivity index (χ1n) is 12.3. The Balaban J connectivity index is 1.45. The molecule has 0 unspecified atom stereocenters. The Morgan fingerprint density at radius 3 is 2.36 bits per heavy atom. The van der Waals surface area contributed by atoms with E-state index >= 15 is 0 Å². The van der Waals surface area contributed by atoms with Crippen LogP contribution in [0.4, 0.5) is 5.69 Å². The minimum absolute atomic E-state index is 0.0467. The van der Waals surface area contributed by atoms with Crippen LogP contribution < -0.4 is 5.32 Å². The van der Waals surface area contributed by atoms with Gasteiger partial charge in [0.1, 0.15) is 0 Å². The Bertz CT molecular complexity index is 919. The molecule has 0 radical (unpaired) electrons. The Morgan fingerprint density at radius 1 is 1.06 bits per heavy atom. The molecule has 2 fully saturated rings. The minimum atomic E-state index is -0.0467. The van der Waals surface area contributed by atoms with Gasteiger partial charge < -0.3 is 10.2 Å². The molecular formula is C24H34N6O2S. The van der Waals surface area contributed by atoms with Crippen molar-refractivity contribution in [1.82, 2.24) is 25.1 Å². The number of rotatable bonds is 8. The summed E-state index contributed by atoms with van der Waals surface area (Å²) in [5.74, 6) is 0.492. The zero-order chi connectivity index (χ0) is 23.0. The van der Waals surface area contributed by atoms with Gasteiger partial charge in [0.25, 0.3) is 0 Å². The lowest BCUT2D eigenvalue weighted by molar-refractivity contribution is -0.135. The van der Waals surface area contributed by atoms with E-state index in [0.717, 1.165) is 31.4 Å². The van der Waals surface area contributed by atoms with Gasteiger partial charge in [-0.25, -0.2) is 0 Å². The van der Waals surface area contributed by atoms with E-state index < -0.39 is 0 Å². The molecule has 178 valence electrons. The van der Waals surface area contributed by atoms with Gasteiger partial charge in [-0.3, -0.25) is 9.59 Å². The van der Waals surface area contributed by atoms with E-state index in [9.17, 15) is 9.59 Å². The number of aromatic nitrogens is 4. The van der Waals surface area contributed by atoms with Crippen molar-refractivity contribution in [2.45, 2.75) is 94.8 Å². The predicted molar refractivity (Wildman–Crippen MR) is 129 cm³/mol. The first kappa shape index (κ1) is 23.7. The Morgan fingerprint density at radius 2 is 1.73 bits per heavy atom. The average molecular weight is 471 g/mol. The number of nitrogens with one attached hydrogen (secondary N) is 1. The third-order valence-electron chi connectivity index (χ3n) is 6.69. The third-order valence-corrected chi connectivity index (χ3v) is 7.59. The van der Waals surface area contributed by atoms with Crippen LogP contribution in [0.3, 0.4) is 0 Å². The lowest BCUT2D eigenvalue weighted by atomic mass is 9.88. The normalized spacial score (nSPS) is 17.6. The second-order valence-electron chi connectivity index (χ2n) is 9.00. The van der Waals surface area contributed by atoms with Gasteiger partial charge in [-0.1, -0.05) is 63.3 Å². The van der Waals surface area contributed by atoms with E-state index in [1.807, 2.05) is 31.2 Å². The van der Waals surface area contributed by atoms with Crippen molar-refractivity contribution >= 4 is 29.3 Å². The second kappa shape index (κ2) is 11.6. The van der Waals surface area contributed by atoms with Crippen LogP contribution in [0, 0.1) is 0 Å². The molecule has 0 spiro atoms. The lowest BCUT2D eigenvalue weighted by Gasteiger charge is -2.41. The van der Waals surface area contributed by atoms with Crippen LogP contribution in [0.2, 0.25) is 0 Å². The van der Waals surface area contributed by atoms with Crippen LogP contribution in [0.1, 0.15) is 77.6 Å². The SMILES string of the molecule is CCC(=O)Nc1cccc(-n2nnnc2SCC(=O)N(C2CCCCC2)C2CCCCC2)c1. The van der Waals surface area contributed by atoms with Crippen LogP contribution in [0.5, 0.6) is 0 Å². The molecule has 1 aromatic carbocycles. The maximum atomic E-state index is 13.5. The molecule has 2 aliphatic carbocycles. The quantitative estimate of drug-likeness (QED) is 0.567. The predicted octanol–water partition coefficient (Wildman–Crippen LogP) is 4.60. The summed E-state index contributed by atoms with van der Waals surface area (Å²) in [6, 6.07) is 8.18. The highest BCUT2D eigenvalue weighted by atomic mass is 32.2. The topological polar surface area (TPSA) is 93.0 Å². The first-order chi connectivity index (χ1) is 16.2. The highest BCUT2D eigenvalue weighted by Crippen LogP contribution is 2.31. The molecule has 0 aliphatic heterocycles. The number of thioether (sulfide) groups is 1. The van der Waals surface area contributed by atoms with Crippen molar-refractivity contribution in [2.24, 2.45) is 0 Å². The van der Waals surface area contributed by atoms with Crippen molar-refractivity contribution in [2.75, 3.05) is 11.1 Å². The van der Waals surface area contributed by atoms with Gasteiger partial charge in [0.2, 0.25) is 17.0 Å². The van der Waals surface area contributed by atoms with Gasteiger partial charge in [0, 0.05) is 24.2 Å². The fourth-order valence-electron chi connectivity index (χ4n) is 5.02. The summed E-state index contributed by atoms with van der Waals surface area (Å²) in [6.07, 6.45) is 12.4. The standard InChI is InChI=1S/C24H34N6O2S/c1-2-22(31)25-18-10-9-15-21(16-18)30-24(26-27-28-30)33-17-23(32)29(19-11-5-3-6-12-19)20-13-7-4-8-14-20/h9-10,15-16,19-20H,2-8,11-14,17H2,1H3,(H,25,31). The van der Waals surface area contributed by atoms with E-state index in [1.54, 1.807) is 4.68 Å². The molecule has 1 heterocycles. The molecule has 2 saturated carbocycles. The van der Waals surface area contributed by atoms with Crippen molar-refractivity contribution in [3.05, 3.63) is 24.3 Å². The van der Waals surface area contributed by atoms with Crippen LogP contribution in [-0.2, 0) is 9.59 Å². The molecule has 2 amide bonds. The summed E-state index contributed by atoms with van der Waals surface area (Å²) < 4.78 is 1.63. The van der Waals surface area contributed by atoms with Crippen LogP contribution in [0.25, 0.3) is 5.69 Å². The number of tetrazole rings is 1. The maximum Gasteiger partial charge on any atom is 0.233 e. The zero-order valence-corrected chi connectivity index (χ0v) is 20.2. The number of anilines is 1. The highest BCUT2D eigenvalue weighted by molar-refractivity contribution is 7.99. The highest BCUT2D eigenvalue weighted by Gasteiger charge is 2.32. The van der Waals surface area contributed by atoms with Gasteiger partial charge in [0.05, 0.1) is 11.4 Å². The first-order valence-corrected chi connectivity index (χ1v) is 13.3. The van der Waals surface area contributed by atoms with Crippen LogP contribution in [-0.4, -0.2) is 54.8 Å². The van der Waals surface area contributed by atoms with E-state index in [0.29, 0.717) is 35.1 Å². The van der Waals surface area contributed by atoms with Gasteiger partial charge in [-0.05, 0) is 54.3 Å². The van der Waals surface area contributed by atoms with Gasteiger partial charge in [-0.2, -0.15) is 4.68 Å². The molecule has 0 bridgehead atoms. The summed E-state index contributed by atoms with van der Waals surface area (Å²) in [6.45, 7) is 1.82. The van der Waals surface area contributed by atoms with Gasteiger partial charge in [0.15, 0.2) is 0 Å². The molecular weight excluding hydrogens is 436 g/mol. The molecule has 8 nitrogen and oxygen atoms in total. The smallest absolute Gasteiger partial charge is 0.233 e.